The Kier molecular flexibility index (Phi) is 3.96. The van der Waals surface area contributed by atoms with Crippen molar-refractivity contribution in [2.75, 3.05) is 36.0 Å². The van der Waals surface area contributed by atoms with Crippen molar-refractivity contribution in [2.45, 2.75) is 38.5 Å². The third-order valence-corrected chi connectivity index (χ3v) is 4.48. The van der Waals surface area contributed by atoms with Gasteiger partial charge in [0.25, 0.3) is 5.43 Å². The van der Waals surface area contributed by atoms with Crippen LogP contribution in [0.15, 0.2) is 4.79 Å². The van der Waals surface area contributed by atoms with E-state index in [1.807, 2.05) is 0 Å². The Morgan fingerprint density at radius 1 is 0.737 bits per heavy atom. The maximum absolute atomic E-state index is 12.6. The minimum atomic E-state index is 0.0301. The first-order chi connectivity index (χ1) is 9.36. The maximum Gasteiger partial charge on any atom is 0.265 e. The van der Waals surface area contributed by atoms with Crippen molar-refractivity contribution in [1.82, 2.24) is 8.75 Å². The Hall–Kier alpha value is -1.17. The van der Waals surface area contributed by atoms with Crippen LogP contribution < -0.4 is 15.2 Å². The number of anilines is 2. The molecule has 1 aromatic rings. The van der Waals surface area contributed by atoms with Crippen LogP contribution in [0.3, 0.4) is 0 Å². The van der Waals surface area contributed by atoms with E-state index >= 15 is 0 Å². The zero-order valence-electron chi connectivity index (χ0n) is 11.2. The van der Waals surface area contributed by atoms with Crippen molar-refractivity contribution >= 4 is 23.4 Å². The Bertz CT molecular complexity index is 439. The predicted molar refractivity (Wildman–Crippen MR) is 78.3 cm³/mol. The molecule has 1 aromatic heterocycles. The molecule has 0 amide bonds. The van der Waals surface area contributed by atoms with Crippen LogP contribution in [0.5, 0.6) is 0 Å². The Morgan fingerprint density at radius 2 is 1.16 bits per heavy atom. The number of rotatable bonds is 2. The van der Waals surface area contributed by atoms with Gasteiger partial charge in [-0.15, -0.1) is 0 Å². The standard InChI is InChI=1S/C13H20N4OS/c18-11-12(16-7-3-1-4-8-16)14-19-15-13(11)17-9-5-2-6-10-17/h1-10H2. The van der Waals surface area contributed by atoms with E-state index in [1.165, 1.54) is 24.6 Å². The molecule has 0 aliphatic carbocycles. The summed E-state index contributed by atoms with van der Waals surface area (Å²) in [4.78, 5) is 16.8. The molecule has 0 radical (unpaired) electrons. The van der Waals surface area contributed by atoms with Crippen LogP contribution >= 0.6 is 11.7 Å². The fraction of sp³-hybridized carbons (Fsp3) is 0.769. The fourth-order valence-corrected chi connectivity index (χ4v) is 3.49. The molecule has 19 heavy (non-hydrogen) atoms. The summed E-state index contributed by atoms with van der Waals surface area (Å²) in [5.74, 6) is 1.25. The monoisotopic (exact) mass is 280 g/mol. The molecule has 0 unspecified atom stereocenters. The number of nitrogens with zero attached hydrogens (tertiary/aromatic N) is 4. The van der Waals surface area contributed by atoms with Crippen molar-refractivity contribution in [3.63, 3.8) is 0 Å². The first kappa shape index (κ1) is 12.8. The van der Waals surface area contributed by atoms with E-state index in [9.17, 15) is 4.79 Å². The van der Waals surface area contributed by atoms with E-state index in [4.69, 9.17) is 0 Å². The van der Waals surface area contributed by atoms with Crippen LogP contribution in [0.1, 0.15) is 38.5 Å². The molecule has 0 N–H and O–H groups in total. The van der Waals surface area contributed by atoms with Crippen LogP contribution in [0.2, 0.25) is 0 Å². The van der Waals surface area contributed by atoms with Crippen LogP contribution in [0.25, 0.3) is 0 Å². The number of aromatic nitrogens is 2. The molecule has 5 nitrogen and oxygen atoms in total. The molecule has 3 rings (SSSR count). The van der Waals surface area contributed by atoms with E-state index in [1.54, 1.807) is 0 Å². The molecular weight excluding hydrogens is 260 g/mol. The summed E-state index contributed by atoms with van der Waals surface area (Å²) in [5.41, 5.74) is 0.0301. The summed E-state index contributed by atoms with van der Waals surface area (Å²) in [6.07, 6.45) is 7.16. The number of hydrogen-bond donors (Lipinski definition) is 0. The Morgan fingerprint density at radius 3 is 1.58 bits per heavy atom. The molecule has 104 valence electrons. The lowest BCUT2D eigenvalue weighted by atomic mass is 10.1. The van der Waals surface area contributed by atoms with Gasteiger partial charge in [-0.25, -0.2) is 0 Å². The Labute approximate surface area is 117 Å². The number of piperidine rings is 2. The van der Waals surface area contributed by atoms with Gasteiger partial charge in [0.15, 0.2) is 11.6 Å². The van der Waals surface area contributed by atoms with Gasteiger partial charge in [-0.1, -0.05) is 0 Å². The maximum atomic E-state index is 12.6. The molecule has 0 atom stereocenters. The van der Waals surface area contributed by atoms with Crippen molar-refractivity contribution in [3.8, 4) is 0 Å². The van der Waals surface area contributed by atoms with Crippen LogP contribution in [-0.2, 0) is 0 Å². The lowest BCUT2D eigenvalue weighted by Crippen LogP contribution is -2.38. The van der Waals surface area contributed by atoms with Gasteiger partial charge >= 0.3 is 0 Å². The van der Waals surface area contributed by atoms with Crippen molar-refractivity contribution in [2.24, 2.45) is 0 Å². The van der Waals surface area contributed by atoms with Crippen LogP contribution in [0.4, 0.5) is 11.6 Å². The second-order valence-electron chi connectivity index (χ2n) is 5.34. The van der Waals surface area contributed by atoms with Crippen LogP contribution in [-0.4, -0.2) is 34.9 Å². The molecule has 0 saturated carbocycles. The van der Waals surface area contributed by atoms with Crippen LogP contribution in [0, 0.1) is 0 Å². The smallest absolute Gasteiger partial charge is 0.265 e. The quantitative estimate of drug-likeness (QED) is 0.828. The molecule has 2 fully saturated rings. The summed E-state index contributed by atoms with van der Waals surface area (Å²) < 4.78 is 8.55. The van der Waals surface area contributed by atoms with Gasteiger partial charge in [0.05, 0.1) is 11.7 Å². The normalized spacial score (nSPS) is 20.6. The lowest BCUT2D eigenvalue weighted by molar-refractivity contribution is 0.567. The fourth-order valence-electron chi connectivity index (χ4n) is 2.89. The van der Waals surface area contributed by atoms with Crippen molar-refractivity contribution in [1.29, 1.82) is 0 Å². The largest absolute Gasteiger partial charge is 0.352 e. The molecule has 6 heteroatoms. The lowest BCUT2D eigenvalue weighted by Gasteiger charge is -2.29. The van der Waals surface area contributed by atoms with Gasteiger partial charge < -0.3 is 9.80 Å². The molecule has 2 aliphatic heterocycles. The second kappa shape index (κ2) is 5.86. The summed E-state index contributed by atoms with van der Waals surface area (Å²) in [6, 6.07) is 0. The minimum Gasteiger partial charge on any atom is -0.352 e. The molecule has 0 spiro atoms. The van der Waals surface area contributed by atoms with E-state index < -0.39 is 0 Å². The molecule has 2 aliphatic rings. The summed E-state index contributed by atoms with van der Waals surface area (Å²) >= 11 is 1.17. The molecule has 0 aromatic carbocycles. The third-order valence-electron chi connectivity index (χ3n) is 3.97. The van der Waals surface area contributed by atoms with Gasteiger partial charge in [-0.05, 0) is 38.5 Å². The highest BCUT2D eigenvalue weighted by molar-refractivity contribution is 6.99. The van der Waals surface area contributed by atoms with Crippen molar-refractivity contribution < 1.29 is 0 Å². The summed E-state index contributed by atoms with van der Waals surface area (Å²) in [6.45, 7) is 3.83. The molecule has 2 saturated heterocycles. The zero-order valence-corrected chi connectivity index (χ0v) is 12.0. The summed E-state index contributed by atoms with van der Waals surface area (Å²) in [5, 5.41) is 0. The Balaban J connectivity index is 1.87. The van der Waals surface area contributed by atoms with E-state index in [0.717, 1.165) is 51.9 Å². The first-order valence-electron chi connectivity index (χ1n) is 7.23. The van der Waals surface area contributed by atoms with E-state index in [-0.39, 0.29) is 5.43 Å². The van der Waals surface area contributed by atoms with E-state index in [0.29, 0.717) is 11.6 Å². The average Bonchev–Trinajstić information content (AvgIpc) is 2.49. The van der Waals surface area contributed by atoms with Gasteiger partial charge in [-0.3, -0.25) is 4.79 Å². The molecular formula is C13H20N4OS. The summed E-state index contributed by atoms with van der Waals surface area (Å²) in [7, 11) is 0. The van der Waals surface area contributed by atoms with Crippen molar-refractivity contribution in [3.05, 3.63) is 10.2 Å². The third kappa shape index (κ3) is 2.73. The molecule has 0 bridgehead atoms. The highest BCUT2D eigenvalue weighted by Gasteiger charge is 2.22. The number of hydrogen-bond acceptors (Lipinski definition) is 6. The highest BCUT2D eigenvalue weighted by Crippen LogP contribution is 2.19. The first-order valence-corrected chi connectivity index (χ1v) is 7.96. The van der Waals surface area contributed by atoms with E-state index in [2.05, 4.69) is 18.5 Å². The zero-order chi connectivity index (χ0) is 13.1. The van der Waals surface area contributed by atoms with Gasteiger partial charge in [-0.2, -0.15) is 8.75 Å². The minimum absolute atomic E-state index is 0.0301. The topological polar surface area (TPSA) is 49.3 Å². The SMILES string of the molecule is O=c1c(N2CCCCC2)nsnc1N1CCCCC1. The van der Waals surface area contributed by atoms with Gasteiger partial charge in [0.2, 0.25) is 0 Å². The van der Waals surface area contributed by atoms with Gasteiger partial charge in [0.1, 0.15) is 0 Å². The average molecular weight is 280 g/mol. The second-order valence-corrected chi connectivity index (χ2v) is 5.86. The predicted octanol–water partition coefficient (Wildman–Crippen LogP) is 1.88. The molecule has 3 heterocycles. The van der Waals surface area contributed by atoms with Gasteiger partial charge in [0, 0.05) is 26.2 Å². The highest BCUT2D eigenvalue weighted by atomic mass is 32.1.